The fraction of sp³-hybridized carbons (Fsp3) is 0.773. The highest BCUT2D eigenvalue weighted by Gasteiger charge is 2.76. The zero-order chi connectivity index (χ0) is 21.5. The largest absolute Gasteiger partial charge is 0.481 e. The van der Waals surface area contributed by atoms with Crippen LogP contribution in [0.3, 0.4) is 0 Å². The molecule has 0 aromatic heterocycles. The number of ether oxygens (including phenoxy) is 1. The van der Waals surface area contributed by atoms with Gasteiger partial charge in [0.2, 0.25) is 0 Å². The highest BCUT2D eigenvalue weighted by molar-refractivity contribution is 6.04. The van der Waals surface area contributed by atoms with E-state index in [0.717, 1.165) is 0 Å². The van der Waals surface area contributed by atoms with Gasteiger partial charge in [0.05, 0.1) is 29.0 Å². The van der Waals surface area contributed by atoms with Crippen LogP contribution in [0, 0.1) is 34.0 Å². The summed E-state index contributed by atoms with van der Waals surface area (Å²) in [6.45, 7) is 8.89. The van der Waals surface area contributed by atoms with E-state index < -0.39 is 58.3 Å². The summed E-state index contributed by atoms with van der Waals surface area (Å²) in [5.41, 5.74) is -2.81. The average molecular weight is 406 g/mol. The van der Waals surface area contributed by atoms with Crippen LogP contribution < -0.4 is 0 Å². The lowest BCUT2D eigenvalue weighted by Crippen LogP contribution is -2.69. The minimum Gasteiger partial charge on any atom is -0.481 e. The van der Waals surface area contributed by atoms with Gasteiger partial charge in [-0.3, -0.25) is 14.4 Å². The number of Topliss-reactive ketones (excluding diaryl/α,β-unsaturated/α-hetero) is 1. The van der Waals surface area contributed by atoms with E-state index in [2.05, 4.69) is 6.58 Å². The summed E-state index contributed by atoms with van der Waals surface area (Å²) in [6, 6.07) is 0. The molecule has 3 N–H and O–H groups in total. The van der Waals surface area contributed by atoms with Crippen LogP contribution in [0.15, 0.2) is 12.2 Å². The Labute approximate surface area is 170 Å². The van der Waals surface area contributed by atoms with Crippen molar-refractivity contribution in [1.82, 2.24) is 0 Å². The summed E-state index contributed by atoms with van der Waals surface area (Å²) >= 11 is 0. The Morgan fingerprint density at radius 3 is 2.38 bits per heavy atom. The molecular weight excluding hydrogens is 376 g/mol. The Hall–Kier alpha value is -1.73. The summed E-state index contributed by atoms with van der Waals surface area (Å²) in [5, 5.41) is 32.5. The molecule has 160 valence electrons. The van der Waals surface area contributed by atoms with Gasteiger partial charge in [-0.15, -0.1) is 0 Å². The summed E-state index contributed by atoms with van der Waals surface area (Å²) in [6.07, 6.45) is -0.715. The van der Waals surface area contributed by atoms with Crippen LogP contribution in [0.1, 0.15) is 52.9 Å². The van der Waals surface area contributed by atoms with Gasteiger partial charge >= 0.3 is 11.9 Å². The number of esters is 1. The molecule has 9 atom stereocenters. The van der Waals surface area contributed by atoms with E-state index in [1.807, 2.05) is 6.92 Å². The number of aliphatic hydroxyl groups is 2. The van der Waals surface area contributed by atoms with Crippen molar-refractivity contribution in [3.05, 3.63) is 12.2 Å². The van der Waals surface area contributed by atoms with Crippen molar-refractivity contribution in [3.8, 4) is 0 Å². The molecule has 0 heterocycles. The van der Waals surface area contributed by atoms with E-state index >= 15 is 0 Å². The number of carbonyl (C=O) groups excluding carboxylic acids is 2. The van der Waals surface area contributed by atoms with E-state index in [1.165, 1.54) is 6.92 Å². The number of ketones is 1. The first kappa shape index (κ1) is 20.5. The molecule has 0 aliphatic heterocycles. The molecule has 7 nitrogen and oxygen atoms in total. The van der Waals surface area contributed by atoms with Crippen molar-refractivity contribution < 1.29 is 34.4 Å². The summed E-state index contributed by atoms with van der Waals surface area (Å²) in [5.74, 6) is -3.33. The molecule has 4 saturated carbocycles. The number of aliphatic hydroxyl groups excluding tert-OH is 2. The second-order valence-electron chi connectivity index (χ2n) is 10.1. The molecule has 4 aliphatic rings. The summed E-state index contributed by atoms with van der Waals surface area (Å²) < 4.78 is 5.51. The van der Waals surface area contributed by atoms with Crippen LogP contribution in [-0.2, 0) is 19.1 Å². The van der Waals surface area contributed by atoms with Crippen molar-refractivity contribution in [3.63, 3.8) is 0 Å². The molecule has 4 fully saturated rings. The Kier molecular flexibility index (Phi) is 4.35. The first-order valence-corrected chi connectivity index (χ1v) is 10.4. The molecule has 7 heteroatoms. The number of rotatable bonds is 2. The fourth-order valence-corrected chi connectivity index (χ4v) is 7.68. The van der Waals surface area contributed by atoms with E-state index in [4.69, 9.17) is 4.74 Å². The third-order valence-corrected chi connectivity index (χ3v) is 8.95. The lowest BCUT2D eigenvalue weighted by molar-refractivity contribution is -0.242. The normalized spacial score (nSPS) is 51.2. The molecule has 0 aromatic carbocycles. The molecule has 0 unspecified atom stereocenters. The smallest absolute Gasteiger partial charge is 0.309 e. The Morgan fingerprint density at radius 2 is 1.79 bits per heavy atom. The summed E-state index contributed by atoms with van der Waals surface area (Å²) in [4.78, 5) is 37.4. The molecule has 0 aromatic rings. The molecule has 4 rings (SSSR count). The van der Waals surface area contributed by atoms with Gasteiger partial charge in [0.1, 0.15) is 6.10 Å². The number of hydrogen-bond acceptors (Lipinski definition) is 6. The quantitative estimate of drug-likeness (QED) is 0.471. The highest BCUT2D eigenvalue weighted by atomic mass is 16.5. The van der Waals surface area contributed by atoms with Crippen molar-refractivity contribution in [2.45, 2.75) is 71.2 Å². The van der Waals surface area contributed by atoms with Gasteiger partial charge in [-0.2, -0.15) is 0 Å². The van der Waals surface area contributed by atoms with Gasteiger partial charge in [-0.05, 0) is 55.4 Å². The molecule has 4 aliphatic carbocycles. The monoisotopic (exact) mass is 406 g/mol. The lowest BCUT2D eigenvalue weighted by atomic mass is 9.39. The minimum absolute atomic E-state index is 0.150. The van der Waals surface area contributed by atoms with Crippen molar-refractivity contribution >= 4 is 17.7 Å². The molecular formula is C22H30O7. The van der Waals surface area contributed by atoms with Crippen molar-refractivity contribution in [1.29, 1.82) is 0 Å². The number of aliphatic carboxylic acids is 1. The van der Waals surface area contributed by atoms with Crippen molar-refractivity contribution in [2.75, 3.05) is 0 Å². The standard InChI is InChI=1S/C22H30O7/c1-10-16-12(29-11(2)23)8-14-20(3)6-5-7-21(4,19(27)28)13(20)9-15(24)22(14,17(10)25)18(16)26/h12-16,18,24,26H,1,5-9H2,2-4H3,(H,27,28)/t12-,13-,14-,15+,16+,18+,20+,21-,22-/m0/s1. The maximum Gasteiger partial charge on any atom is 0.309 e. The zero-order valence-electron chi connectivity index (χ0n) is 17.2. The van der Waals surface area contributed by atoms with E-state index in [0.29, 0.717) is 25.7 Å². The molecule has 1 spiro atoms. The predicted molar refractivity (Wildman–Crippen MR) is 102 cm³/mol. The molecule has 0 amide bonds. The Bertz CT molecular complexity index is 805. The maximum atomic E-state index is 13.4. The zero-order valence-corrected chi connectivity index (χ0v) is 17.2. The molecule has 0 radical (unpaired) electrons. The minimum atomic E-state index is -1.40. The average Bonchev–Trinajstić information content (AvgIpc) is 2.74. The van der Waals surface area contributed by atoms with E-state index in [-0.39, 0.29) is 23.7 Å². The number of carboxylic acid groups (broad SMARTS) is 1. The van der Waals surface area contributed by atoms with Crippen LogP contribution in [0.4, 0.5) is 0 Å². The number of carbonyl (C=O) groups is 3. The fourth-order valence-electron chi connectivity index (χ4n) is 7.68. The van der Waals surface area contributed by atoms with Crippen LogP contribution in [0.5, 0.6) is 0 Å². The van der Waals surface area contributed by atoms with Gasteiger partial charge in [0.15, 0.2) is 5.78 Å². The third kappa shape index (κ3) is 2.29. The van der Waals surface area contributed by atoms with E-state index in [1.54, 1.807) is 6.92 Å². The molecule has 0 saturated heterocycles. The second kappa shape index (κ2) is 6.14. The molecule has 29 heavy (non-hydrogen) atoms. The SMILES string of the molecule is C=C1C(=O)[C@@]23[C@H](O)C[C@H]4[C@@](C)(CCC[C@]4(C)C(=O)O)[C@@H]2C[C@H](OC(C)=O)[C@@H]1[C@H]3O. The van der Waals surface area contributed by atoms with Crippen LogP contribution in [0.25, 0.3) is 0 Å². The number of fused-ring (bicyclic) bond motifs is 3. The van der Waals surface area contributed by atoms with Crippen LogP contribution in [0.2, 0.25) is 0 Å². The van der Waals surface area contributed by atoms with Gasteiger partial charge in [-0.25, -0.2) is 0 Å². The maximum absolute atomic E-state index is 13.4. The third-order valence-electron chi connectivity index (χ3n) is 8.95. The van der Waals surface area contributed by atoms with E-state index in [9.17, 15) is 29.7 Å². The summed E-state index contributed by atoms with van der Waals surface area (Å²) in [7, 11) is 0. The van der Waals surface area contributed by atoms with Crippen LogP contribution >= 0.6 is 0 Å². The van der Waals surface area contributed by atoms with Gasteiger partial charge in [-0.1, -0.05) is 19.9 Å². The Morgan fingerprint density at radius 1 is 1.14 bits per heavy atom. The van der Waals surface area contributed by atoms with Gasteiger partial charge in [0.25, 0.3) is 0 Å². The highest BCUT2D eigenvalue weighted by Crippen LogP contribution is 2.71. The van der Waals surface area contributed by atoms with Crippen molar-refractivity contribution in [2.24, 2.45) is 34.0 Å². The first-order chi connectivity index (χ1) is 13.4. The molecule has 2 bridgehead atoms. The number of hydrogen-bond donors (Lipinski definition) is 3. The first-order valence-electron chi connectivity index (χ1n) is 10.4. The van der Waals surface area contributed by atoms with Gasteiger partial charge in [0, 0.05) is 6.92 Å². The Balaban J connectivity index is 1.88. The number of carboxylic acids is 1. The second-order valence-corrected chi connectivity index (χ2v) is 10.1. The predicted octanol–water partition coefficient (Wildman–Crippen LogP) is 1.70. The topological polar surface area (TPSA) is 121 Å². The lowest BCUT2D eigenvalue weighted by Gasteiger charge is -2.65. The van der Waals surface area contributed by atoms with Gasteiger partial charge < -0.3 is 20.1 Å². The van der Waals surface area contributed by atoms with Crippen LogP contribution in [-0.4, -0.2) is 51.4 Å².